The summed E-state index contributed by atoms with van der Waals surface area (Å²) in [7, 11) is 0. The lowest BCUT2D eigenvalue weighted by Gasteiger charge is -2.09. The van der Waals surface area contributed by atoms with E-state index < -0.39 is 0 Å². The molecule has 22 heavy (non-hydrogen) atoms. The van der Waals surface area contributed by atoms with Crippen LogP contribution in [0.5, 0.6) is 0 Å². The summed E-state index contributed by atoms with van der Waals surface area (Å²) < 4.78 is 4.79. The van der Waals surface area contributed by atoms with Crippen LogP contribution in [0.2, 0.25) is 0 Å². The fourth-order valence-corrected chi connectivity index (χ4v) is 4.70. The lowest BCUT2D eigenvalue weighted by Crippen LogP contribution is -1.95. The van der Waals surface area contributed by atoms with Crippen molar-refractivity contribution in [2.24, 2.45) is 0 Å². The van der Waals surface area contributed by atoms with Gasteiger partial charge in [-0.2, -0.15) is 5.10 Å². The number of pyridine rings is 1. The fourth-order valence-electron chi connectivity index (χ4n) is 3.48. The number of hydrogen-bond acceptors (Lipinski definition) is 2. The number of aryl methyl sites for hydroxylation is 1. The van der Waals surface area contributed by atoms with Crippen LogP contribution in [0.3, 0.4) is 0 Å². The molecule has 3 heterocycles. The van der Waals surface area contributed by atoms with E-state index in [4.69, 9.17) is 0 Å². The van der Waals surface area contributed by atoms with E-state index >= 15 is 0 Å². The van der Waals surface area contributed by atoms with Crippen LogP contribution in [-0.2, 0) is 6.42 Å². The summed E-state index contributed by atoms with van der Waals surface area (Å²) in [6.07, 6.45) is 2.92. The van der Waals surface area contributed by atoms with Crippen molar-refractivity contribution in [3.63, 3.8) is 0 Å². The Morgan fingerprint density at radius 2 is 1.86 bits per heavy atom. The molecule has 0 saturated carbocycles. The molecule has 0 aliphatic rings. The number of thiophene rings is 1. The summed E-state index contributed by atoms with van der Waals surface area (Å²) in [5.41, 5.74) is 3.81. The minimum absolute atomic E-state index is 1.01. The molecule has 0 fully saturated rings. The van der Waals surface area contributed by atoms with Crippen molar-refractivity contribution in [2.75, 3.05) is 0 Å². The molecule has 0 spiro atoms. The van der Waals surface area contributed by atoms with Gasteiger partial charge in [0.25, 0.3) is 0 Å². The third-order valence-electron chi connectivity index (χ3n) is 4.45. The number of rotatable bonds is 1. The predicted octanol–water partition coefficient (Wildman–Crippen LogP) is 5.42. The highest BCUT2D eigenvalue weighted by Gasteiger charge is 2.15. The first-order chi connectivity index (χ1) is 10.9. The quantitative estimate of drug-likeness (QED) is 0.404. The van der Waals surface area contributed by atoms with E-state index in [1.165, 1.54) is 42.2 Å². The molecule has 0 unspecified atom stereocenters. The van der Waals surface area contributed by atoms with Crippen LogP contribution in [0, 0.1) is 0 Å². The van der Waals surface area contributed by atoms with E-state index in [9.17, 15) is 0 Å². The van der Waals surface area contributed by atoms with E-state index in [1.807, 2.05) is 17.5 Å². The van der Waals surface area contributed by atoms with Crippen molar-refractivity contribution < 1.29 is 0 Å². The Balaban J connectivity index is 2.22. The SMILES string of the molecule is CCc1cccc2c3c4ccccc4sc3c3ccnn3c12. The second kappa shape index (κ2) is 4.31. The Labute approximate surface area is 131 Å². The zero-order chi connectivity index (χ0) is 14.7. The largest absolute Gasteiger partial charge is 0.231 e. The van der Waals surface area contributed by atoms with Crippen molar-refractivity contribution in [2.45, 2.75) is 13.3 Å². The fraction of sp³-hybridized carbons (Fsp3) is 0.105. The number of hydrogen-bond donors (Lipinski definition) is 0. The number of para-hydroxylation sites is 1. The molecular formula is C19H14N2S. The molecule has 106 valence electrons. The Hall–Kier alpha value is -2.39. The molecule has 2 aromatic carbocycles. The van der Waals surface area contributed by atoms with Gasteiger partial charge in [0, 0.05) is 20.9 Å². The molecule has 0 saturated heterocycles. The highest BCUT2D eigenvalue weighted by molar-refractivity contribution is 7.26. The van der Waals surface area contributed by atoms with Crippen molar-refractivity contribution in [1.29, 1.82) is 0 Å². The van der Waals surface area contributed by atoms with Crippen LogP contribution in [0.4, 0.5) is 0 Å². The van der Waals surface area contributed by atoms with Crippen LogP contribution >= 0.6 is 11.3 Å². The molecule has 3 heteroatoms. The van der Waals surface area contributed by atoms with Crippen LogP contribution in [0.15, 0.2) is 54.7 Å². The average Bonchev–Trinajstić information content (AvgIpc) is 3.18. The van der Waals surface area contributed by atoms with Crippen LogP contribution in [-0.4, -0.2) is 9.61 Å². The number of aromatic nitrogens is 2. The second-order valence-electron chi connectivity index (χ2n) is 5.60. The second-order valence-corrected chi connectivity index (χ2v) is 6.65. The summed E-state index contributed by atoms with van der Waals surface area (Å²) in [4.78, 5) is 0. The van der Waals surface area contributed by atoms with Gasteiger partial charge in [-0.25, -0.2) is 4.52 Å². The summed E-state index contributed by atoms with van der Waals surface area (Å²) >= 11 is 1.86. The number of nitrogens with zero attached hydrogens (tertiary/aromatic N) is 2. The summed E-state index contributed by atoms with van der Waals surface area (Å²) in [6.45, 7) is 2.21. The lowest BCUT2D eigenvalue weighted by atomic mass is 10.0. The van der Waals surface area contributed by atoms with Crippen LogP contribution < -0.4 is 0 Å². The van der Waals surface area contributed by atoms with E-state index in [-0.39, 0.29) is 0 Å². The number of benzene rings is 2. The van der Waals surface area contributed by atoms with Crippen molar-refractivity contribution in [3.8, 4) is 0 Å². The van der Waals surface area contributed by atoms with Crippen molar-refractivity contribution >= 4 is 47.9 Å². The van der Waals surface area contributed by atoms with Crippen molar-refractivity contribution in [3.05, 3.63) is 60.3 Å². The Morgan fingerprint density at radius 1 is 1.00 bits per heavy atom. The van der Waals surface area contributed by atoms with E-state index in [2.05, 4.69) is 65.1 Å². The third kappa shape index (κ3) is 1.41. The highest BCUT2D eigenvalue weighted by Crippen LogP contribution is 2.41. The van der Waals surface area contributed by atoms with Gasteiger partial charge in [-0.3, -0.25) is 0 Å². The van der Waals surface area contributed by atoms with E-state index in [0.29, 0.717) is 0 Å². The maximum atomic E-state index is 4.60. The first kappa shape index (κ1) is 12.2. The van der Waals surface area contributed by atoms with Gasteiger partial charge in [0.15, 0.2) is 0 Å². The smallest absolute Gasteiger partial charge is 0.0847 e. The molecule has 2 nitrogen and oxygen atoms in total. The standard InChI is InChI=1S/C19H14N2S/c1-2-12-6-5-8-14-17-13-7-3-4-9-16(13)22-19(17)15-10-11-20-21(15)18(12)14/h3-11H,2H2,1H3. The molecule has 3 aromatic heterocycles. The third-order valence-corrected chi connectivity index (χ3v) is 5.65. The molecule has 0 aliphatic heterocycles. The topological polar surface area (TPSA) is 17.3 Å². The maximum Gasteiger partial charge on any atom is 0.0847 e. The van der Waals surface area contributed by atoms with Gasteiger partial charge in [-0.05, 0) is 24.1 Å². The van der Waals surface area contributed by atoms with E-state index in [0.717, 1.165) is 6.42 Å². The van der Waals surface area contributed by atoms with E-state index in [1.54, 1.807) is 0 Å². The Morgan fingerprint density at radius 3 is 2.77 bits per heavy atom. The molecule has 0 radical (unpaired) electrons. The van der Waals surface area contributed by atoms with Gasteiger partial charge >= 0.3 is 0 Å². The number of fused-ring (bicyclic) bond motifs is 8. The van der Waals surface area contributed by atoms with Gasteiger partial charge in [0.2, 0.25) is 0 Å². The molecule has 0 bridgehead atoms. The van der Waals surface area contributed by atoms with Gasteiger partial charge in [-0.1, -0.05) is 43.3 Å². The van der Waals surface area contributed by atoms with Crippen molar-refractivity contribution in [1.82, 2.24) is 9.61 Å². The monoisotopic (exact) mass is 302 g/mol. The van der Waals surface area contributed by atoms with Gasteiger partial charge in [0.05, 0.1) is 21.9 Å². The molecule has 5 aromatic rings. The summed E-state index contributed by atoms with van der Waals surface area (Å²) in [5, 5.41) is 8.63. The summed E-state index contributed by atoms with van der Waals surface area (Å²) in [5.74, 6) is 0. The Bertz CT molecular complexity index is 1160. The van der Waals surface area contributed by atoms with Gasteiger partial charge in [-0.15, -0.1) is 11.3 Å². The normalized spacial score (nSPS) is 12.0. The molecule has 0 amide bonds. The zero-order valence-corrected chi connectivity index (χ0v) is 13.0. The molecule has 5 rings (SSSR count). The van der Waals surface area contributed by atoms with Crippen LogP contribution in [0.1, 0.15) is 12.5 Å². The predicted molar refractivity (Wildman–Crippen MR) is 95.0 cm³/mol. The highest BCUT2D eigenvalue weighted by atomic mass is 32.1. The minimum atomic E-state index is 1.01. The average molecular weight is 302 g/mol. The lowest BCUT2D eigenvalue weighted by molar-refractivity contribution is 0.992. The first-order valence-corrected chi connectivity index (χ1v) is 8.38. The first-order valence-electron chi connectivity index (χ1n) is 7.57. The molecule has 0 atom stereocenters. The zero-order valence-electron chi connectivity index (χ0n) is 12.2. The molecule has 0 aliphatic carbocycles. The van der Waals surface area contributed by atoms with Gasteiger partial charge in [0.1, 0.15) is 0 Å². The maximum absolute atomic E-state index is 4.60. The minimum Gasteiger partial charge on any atom is -0.231 e. The Kier molecular flexibility index (Phi) is 2.38. The molecular weight excluding hydrogens is 288 g/mol. The van der Waals surface area contributed by atoms with Gasteiger partial charge < -0.3 is 0 Å². The van der Waals surface area contributed by atoms with Crippen LogP contribution in [0.25, 0.3) is 36.6 Å². The summed E-state index contributed by atoms with van der Waals surface area (Å²) in [6, 6.07) is 17.4. The molecule has 0 N–H and O–H groups in total.